The van der Waals surface area contributed by atoms with Crippen LogP contribution in [0.25, 0.3) is 17.4 Å². The molecule has 2 aromatic rings. The molecular formula is C22H17ClN2O5S. The Kier molecular flexibility index (Phi) is 5.33. The number of hydrogen-bond donors (Lipinski definition) is 0. The third-order valence-electron chi connectivity index (χ3n) is 5.37. The van der Waals surface area contributed by atoms with Crippen LogP contribution in [0.1, 0.15) is 19.1 Å². The van der Waals surface area contributed by atoms with Gasteiger partial charge in [0.2, 0.25) is 0 Å². The molecule has 158 valence electrons. The van der Waals surface area contributed by atoms with Crippen molar-refractivity contribution < 1.29 is 22.4 Å². The molecule has 1 aromatic heterocycles. The van der Waals surface area contributed by atoms with Crippen LogP contribution in [-0.2, 0) is 19.4 Å². The molecule has 1 unspecified atom stereocenters. The maximum Gasteiger partial charge on any atom is 0.271 e. The predicted molar refractivity (Wildman–Crippen MR) is 114 cm³/mol. The summed E-state index contributed by atoms with van der Waals surface area (Å²) in [6.07, 6.45) is 1.62. The number of carbonyl (C=O) groups is 2. The number of halogens is 1. The molecule has 1 fully saturated rings. The number of carbonyl (C=O) groups excluding carboxylic acids is 2. The van der Waals surface area contributed by atoms with Crippen LogP contribution in [0.5, 0.6) is 0 Å². The summed E-state index contributed by atoms with van der Waals surface area (Å²) in [7, 11) is -3.33. The number of amides is 2. The highest BCUT2D eigenvalue weighted by Gasteiger charge is 2.43. The van der Waals surface area contributed by atoms with E-state index in [4.69, 9.17) is 16.0 Å². The van der Waals surface area contributed by atoms with E-state index in [9.17, 15) is 23.3 Å². The maximum atomic E-state index is 13.2. The molecule has 4 rings (SSSR count). The minimum absolute atomic E-state index is 0.0977. The van der Waals surface area contributed by atoms with Crippen molar-refractivity contribution in [1.29, 1.82) is 5.26 Å². The normalized spacial score (nSPS) is 22.3. The van der Waals surface area contributed by atoms with Gasteiger partial charge < -0.3 is 4.42 Å². The second-order valence-electron chi connectivity index (χ2n) is 7.42. The van der Waals surface area contributed by atoms with Crippen molar-refractivity contribution in [3.8, 4) is 17.4 Å². The molecule has 2 amide bonds. The van der Waals surface area contributed by atoms with E-state index in [1.54, 1.807) is 30.3 Å². The highest BCUT2D eigenvalue weighted by atomic mass is 35.5. The minimum atomic E-state index is -3.33. The largest absolute Gasteiger partial charge is 0.457 e. The molecular weight excluding hydrogens is 440 g/mol. The molecule has 31 heavy (non-hydrogen) atoms. The molecule has 0 N–H and O–H groups in total. The van der Waals surface area contributed by atoms with Crippen molar-refractivity contribution in [3.05, 3.63) is 63.9 Å². The van der Waals surface area contributed by atoms with Gasteiger partial charge in [-0.15, -0.1) is 0 Å². The fourth-order valence-corrected chi connectivity index (χ4v) is 5.67. The fourth-order valence-electron chi connectivity index (χ4n) is 3.78. The number of nitrogens with zero attached hydrogens (tertiary/aromatic N) is 2. The van der Waals surface area contributed by atoms with Gasteiger partial charge in [0.1, 0.15) is 23.2 Å². The van der Waals surface area contributed by atoms with E-state index in [0.29, 0.717) is 16.5 Å². The topological polar surface area (TPSA) is 108 Å². The van der Waals surface area contributed by atoms with Crippen molar-refractivity contribution in [3.63, 3.8) is 0 Å². The fraction of sp³-hybridized carbons (Fsp3) is 0.227. The number of furan rings is 1. The molecule has 3 heterocycles. The SMILES string of the molecule is CC1=C(C#N)C(=O)N(C2CCS(=O)(=O)C2)C(=O)/C1=C/c1ccc(-c2cccc(Cl)c2)o1. The van der Waals surface area contributed by atoms with Gasteiger partial charge in [-0.05, 0) is 49.3 Å². The number of imide groups is 1. The average molecular weight is 457 g/mol. The Labute approximate surface area is 184 Å². The summed E-state index contributed by atoms with van der Waals surface area (Å²) in [5.41, 5.74) is 0.921. The van der Waals surface area contributed by atoms with Crippen LogP contribution in [0.15, 0.2) is 57.5 Å². The number of hydrogen-bond acceptors (Lipinski definition) is 6. The van der Waals surface area contributed by atoms with E-state index in [-0.39, 0.29) is 34.6 Å². The van der Waals surface area contributed by atoms with Gasteiger partial charge in [-0.2, -0.15) is 5.26 Å². The zero-order chi connectivity index (χ0) is 22.3. The molecule has 0 radical (unpaired) electrons. The number of sulfone groups is 1. The van der Waals surface area contributed by atoms with E-state index >= 15 is 0 Å². The first kappa shape index (κ1) is 21.1. The lowest BCUT2D eigenvalue weighted by Gasteiger charge is -2.31. The summed E-state index contributed by atoms with van der Waals surface area (Å²) < 4.78 is 29.6. The molecule has 1 atom stereocenters. The molecule has 2 aliphatic heterocycles. The lowest BCUT2D eigenvalue weighted by atomic mass is 9.93. The molecule has 9 heteroatoms. The van der Waals surface area contributed by atoms with Gasteiger partial charge in [-0.3, -0.25) is 14.5 Å². The molecule has 0 saturated carbocycles. The number of benzene rings is 1. The highest BCUT2D eigenvalue weighted by Crippen LogP contribution is 2.32. The van der Waals surface area contributed by atoms with Crippen LogP contribution in [0.3, 0.4) is 0 Å². The van der Waals surface area contributed by atoms with E-state index in [2.05, 4.69) is 0 Å². The Morgan fingerprint density at radius 3 is 2.65 bits per heavy atom. The Hall–Kier alpha value is -3.15. The lowest BCUT2D eigenvalue weighted by Crippen LogP contribution is -2.49. The first-order valence-electron chi connectivity index (χ1n) is 9.47. The Morgan fingerprint density at radius 1 is 1.23 bits per heavy atom. The van der Waals surface area contributed by atoms with Crippen molar-refractivity contribution in [2.75, 3.05) is 11.5 Å². The molecule has 1 aromatic carbocycles. The zero-order valence-corrected chi connectivity index (χ0v) is 18.0. The molecule has 0 bridgehead atoms. The van der Waals surface area contributed by atoms with Gasteiger partial charge in [0.25, 0.3) is 11.8 Å². The summed E-state index contributed by atoms with van der Waals surface area (Å²) in [4.78, 5) is 26.8. The van der Waals surface area contributed by atoms with Gasteiger partial charge >= 0.3 is 0 Å². The lowest BCUT2D eigenvalue weighted by molar-refractivity contribution is -0.142. The van der Waals surface area contributed by atoms with Gasteiger partial charge in [0, 0.05) is 16.2 Å². The van der Waals surface area contributed by atoms with Gasteiger partial charge in [0.15, 0.2) is 9.84 Å². The summed E-state index contributed by atoms with van der Waals surface area (Å²) in [5, 5.41) is 10.0. The Bertz CT molecular complexity index is 1310. The van der Waals surface area contributed by atoms with E-state index in [1.165, 1.54) is 13.0 Å². The van der Waals surface area contributed by atoms with Crippen LogP contribution in [-0.4, -0.2) is 42.7 Å². The van der Waals surface area contributed by atoms with Crippen LogP contribution >= 0.6 is 11.6 Å². The van der Waals surface area contributed by atoms with E-state index < -0.39 is 27.7 Å². The van der Waals surface area contributed by atoms with Crippen molar-refractivity contribution in [2.45, 2.75) is 19.4 Å². The first-order chi connectivity index (χ1) is 14.7. The smallest absolute Gasteiger partial charge is 0.271 e. The second kappa shape index (κ2) is 7.84. The predicted octanol–water partition coefficient (Wildman–Crippen LogP) is 3.38. The highest BCUT2D eigenvalue weighted by molar-refractivity contribution is 7.91. The van der Waals surface area contributed by atoms with Crippen molar-refractivity contribution >= 4 is 39.3 Å². The molecule has 0 aliphatic carbocycles. The van der Waals surface area contributed by atoms with E-state index in [0.717, 1.165) is 10.5 Å². The monoisotopic (exact) mass is 456 g/mol. The van der Waals surface area contributed by atoms with Gasteiger partial charge in [-0.1, -0.05) is 23.7 Å². The van der Waals surface area contributed by atoms with Crippen LogP contribution in [0, 0.1) is 11.3 Å². The molecule has 7 nitrogen and oxygen atoms in total. The number of rotatable bonds is 3. The van der Waals surface area contributed by atoms with E-state index in [1.807, 2.05) is 12.1 Å². The third kappa shape index (κ3) is 3.94. The first-order valence-corrected chi connectivity index (χ1v) is 11.7. The third-order valence-corrected chi connectivity index (χ3v) is 7.35. The van der Waals surface area contributed by atoms with Crippen molar-refractivity contribution in [1.82, 2.24) is 4.90 Å². The Morgan fingerprint density at radius 2 is 2.00 bits per heavy atom. The molecule has 0 spiro atoms. The summed E-state index contributed by atoms with van der Waals surface area (Å²) in [6.45, 7) is 1.52. The number of nitriles is 1. The summed E-state index contributed by atoms with van der Waals surface area (Å²) in [5.74, 6) is -0.903. The molecule has 2 aliphatic rings. The minimum Gasteiger partial charge on any atom is -0.457 e. The maximum absolute atomic E-state index is 13.2. The summed E-state index contributed by atoms with van der Waals surface area (Å²) >= 11 is 6.02. The van der Waals surface area contributed by atoms with Gasteiger partial charge in [-0.25, -0.2) is 8.42 Å². The van der Waals surface area contributed by atoms with Crippen LogP contribution < -0.4 is 0 Å². The average Bonchev–Trinajstić information content (AvgIpc) is 3.32. The molecule has 1 saturated heterocycles. The summed E-state index contributed by atoms with van der Waals surface area (Å²) in [6, 6.07) is 11.5. The Balaban J connectivity index is 1.74. The van der Waals surface area contributed by atoms with Crippen molar-refractivity contribution in [2.24, 2.45) is 0 Å². The van der Waals surface area contributed by atoms with Crippen LogP contribution in [0.2, 0.25) is 5.02 Å². The standard InChI is InChI=1S/C22H17ClN2O5S/c1-13-18(10-17-5-6-20(30-17)14-3-2-4-15(23)9-14)21(26)25(22(27)19(13)11-24)16-7-8-31(28,29)12-16/h2-6,9-10,16H,7-8,12H2,1H3/b18-10+. The zero-order valence-electron chi connectivity index (χ0n) is 16.5. The van der Waals surface area contributed by atoms with Gasteiger partial charge in [0.05, 0.1) is 17.5 Å². The second-order valence-corrected chi connectivity index (χ2v) is 10.1. The quantitative estimate of drug-likeness (QED) is 0.517. The van der Waals surface area contributed by atoms with Crippen LogP contribution in [0.4, 0.5) is 0 Å².